The number of hydrogen-bond donors (Lipinski definition) is 1. The third kappa shape index (κ3) is 4.83. The molecule has 1 N–H and O–H groups in total. The van der Waals surface area contributed by atoms with Gasteiger partial charge in [0.1, 0.15) is 16.7 Å². The first-order valence-corrected chi connectivity index (χ1v) is 11.4. The number of benzene rings is 2. The van der Waals surface area contributed by atoms with Gasteiger partial charge >= 0.3 is 0 Å². The van der Waals surface area contributed by atoms with E-state index in [-0.39, 0.29) is 22.8 Å². The summed E-state index contributed by atoms with van der Waals surface area (Å²) in [6, 6.07) is 19.1. The molecular weight excluding hydrogens is 406 g/mol. The van der Waals surface area contributed by atoms with E-state index in [1.54, 1.807) is 0 Å². The van der Waals surface area contributed by atoms with Crippen LogP contribution in [0.5, 0.6) is 0 Å². The van der Waals surface area contributed by atoms with Crippen molar-refractivity contribution in [3.63, 3.8) is 0 Å². The summed E-state index contributed by atoms with van der Waals surface area (Å²) in [7, 11) is 0. The van der Waals surface area contributed by atoms with Crippen molar-refractivity contribution in [2.24, 2.45) is 0 Å². The minimum absolute atomic E-state index is 0.0370. The lowest BCUT2D eigenvalue weighted by Crippen LogP contribution is -2.32. The second-order valence-corrected chi connectivity index (χ2v) is 9.02. The summed E-state index contributed by atoms with van der Waals surface area (Å²) in [5.74, 6) is -0.206. The van der Waals surface area contributed by atoms with Gasteiger partial charge in [0.2, 0.25) is 5.91 Å². The van der Waals surface area contributed by atoms with Crippen molar-refractivity contribution in [3.8, 4) is 6.07 Å². The molecule has 0 saturated carbocycles. The van der Waals surface area contributed by atoms with Crippen LogP contribution >= 0.6 is 11.8 Å². The maximum atomic E-state index is 13.1. The summed E-state index contributed by atoms with van der Waals surface area (Å²) in [4.78, 5) is 27.6. The Hall–Kier alpha value is -3.04. The first-order chi connectivity index (χ1) is 14.9. The maximum Gasteiger partial charge on any atom is 0.265 e. The lowest BCUT2D eigenvalue weighted by atomic mass is 10.0. The van der Waals surface area contributed by atoms with Crippen molar-refractivity contribution in [3.05, 3.63) is 76.3 Å². The molecule has 3 rings (SSSR count). The summed E-state index contributed by atoms with van der Waals surface area (Å²) in [6.45, 7) is 8.02. The molecule has 1 aliphatic heterocycles. The van der Waals surface area contributed by atoms with E-state index in [4.69, 9.17) is 0 Å². The van der Waals surface area contributed by atoms with Crippen molar-refractivity contribution in [2.45, 2.75) is 51.3 Å². The molecular formula is C25H27N3O2S. The molecule has 1 fully saturated rings. The second kappa shape index (κ2) is 9.84. The number of carbonyl (C=O) groups is 2. The molecule has 0 radical (unpaired) electrons. The highest BCUT2D eigenvalue weighted by molar-refractivity contribution is 8.05. The molecule has 0 aliphatic carbocycles. The molecule has 1 heterocycles. The van der Waals surface area contributed by atoms with E-state index in [1.165, 1.54) is 16.7 Å². The molecule has 2 unspecified atom stereocenters. The molecule has 31 heavy (non-hydrogen) atoms. The highest BCUT2D eigenvalue weighted by Crippen LogP contribution is 2.42. The first-order valence-electron chi connectivity index (χ1n) is 10.5. The van der Waals surface area contributed by atoms with E-state index in [0.29, 0.717) is 23.1 Å². The fourth-order valence-electron chi connectivity index (χ4n) is 3.45. The molecule has 6 heteroatoms. The van der Waals surface area contributed by atoms with E-state index in [9.17, 15) is 14.9 Å². The van der Waals surface area contributed by atoms with E-state index in [2.05, 4.69) is 19.2 Å². The minimum Gasteiger partial charge on any atom is -0.345 e. The molecule has 2 amide bonds. The van der Waals surface area contributed by atoms with Crippen molar-refractivity contribution in [1.29, 1.82) is 5.26 Å². The Bertz CT molecular complexity index is 1020. The molecule has 2 aromatic carbocycles. The largest absolute Gasteiger partial charge is 0.345 e. The minimum atomic E-state index is -0.477. The topological polar surface area (TPSA) is 73.2 Å². The monoisotopic (exact) mass is 433 g/mol. The molecule has 0 aromatic heterocycles. The van der Waals surface area contributed by atoms with Gasteiger partial charge < -0.3 is 5.32 Å². The zero-order chi connectivity index (χ0) is 22.5. The van der Waals surface area contributed by atoms with Gasteiger partial charge in [0.05, 0.1) is 11.3 Å². The SMILES string of the molecule is CCC1S/C(=C(/C#N)C(=O)NC(C)c2ccccc2)N(c2ccc(C(C)C)cc2)C1=O. The van der Waals surface area contributed by atoms with Gasteiger partial charge in [-0.25, -0.2) is 0 Å². The Kier molecular flexibility index (Phi) is 7.19. The molecule has 2 aromatic rings. The highest BCUT2D eigenvalue weighted by Gasteiger charge is 2.40. The maximum absolute atomic E-state index is 13.1. The fraction of sp³-hybridized carbons (Fsp3) is 0.320. The van der Waals surface area contributed by atoms with Crippen molar-refractivity contribution >= 4 is 29.3 Å². The average Bonchev–Trinajstić information content (AvgIpc) is 3.10. The summed E-state index contributed by atoms with van der Waals surface area (Å²) >= 11 is 1.29. The summed E-state index contributed by atoms with van der Waals surface area (Å²) in [6.07, 6.45) is 0.619. The van der Waals surface area contributed by atoms with Crippen LogP contribution in [0.15, 0.2) is 65.2 Å². The van der Waals surface area contributed by atoms with Gasteiger partial charge in [-0.1, -0.05) is 75.0 Å². The molecule has 2 atom stereocenters. The Morgan fingerprint density at radius 2 is 1.74 bits per heavy atom. The quantitative estimate of drug-likeness (QED) is 0.497. The van der Waals surface area contributed by atoms with Gasteiger partial charge in [0, 0.05) is 5.69 Å². The van der Waals surface area contributed by atoms with Crippen molar-refractivity contribution in [2.75, 3.05) is 4.90 Å². The van der Waals surface area contributed by atoms with Gasteiger partial charge in [0.15, 0.2) is 0 Å². The number of nitrogens with one attached hydrogen (secondary N) is 1. The van der Waals surface area contributed by atoms with Gasteiger partial charge in [-0.3, -0.25) is 14.5 Å². The fourth-order valence-corrected chi connectivity index (χ4v) is 4.65. The third-order valence-corrected chi connectivity index (χ3v) is 6.77. The number of thioether (sulfide) groups is 1. The van der Waals surface area contributed by atoms with Crippen LogP contribution in [0.4, 0.5) is 5.69 Å². The van der Waals surface area contributed by atoms with Gasteiger partial charge in [-0.05, 0) is 42.5 Å². The number of hydrogen-bond acceptors (Lipinski definition) is 4. The molecule has 1 saturated heterocycles. The average molecular weight is 434 g/mol. The third-order valence-electron chi connectivity index (χ3n) is 5.34. The first kappa shape index (κ1) is 22.6. The van der Waals surface area contributed by atoms with Crippen molar-refractivity contribution in [1.82, 2.24) is 5.32 Å². The zero-order valence-corrected chi connectivity index (χ0v) is 19.1. The van der Waals surface area contributed by atoms with Crippen LogP contribution in [0.1, 0.15) is 57.2 Å². The van der Waals surface area contributed by atoms with Gasteiger partial charge in [-0.2, -0.15) is 5.26 Å². The number of rotatable bonds is 6. The van der Waals surface area contributed by atoms with Crippen LogP contribution in [-0.4, -0.2) is 17.1 Å². The van der Waals surface area contributed by atoms with Gasteiger partial charge in [-0.15, -0.1) is 0 Å². The van der Waals surface area contributed by atoms with Gasteiger partial charge in [0.25, 0.3) is 5.91 Å². The summed E-state index contributed by atoms with van der Waals surface area (Å²) < 4.78 is 0. The summed E-state index contributed by atoms with van der Waals surface area (Å²) in [5, 5.41) is 12.8. The number of anilines is 1. The normalized spacial score (nSPS) is 18.6. The number of carbonyl (C=O) groups excluding carboxylic acids is 2. The zero-order valence-electron chi connectivity index (χ0n) is 18.3. The highest BCUT2D eigenvalue weighted by atomic mass is 32.2. The molecule has 160 valence electrons. The second-order valence-electron chi connectivity index (χ2n) is 7.83. The van der Waals surface area contributed by atoms with E-state index in [0.717, 1.165) is 11.1 Å². The van der Waals surface area contributed by atoms with Crippen LogP contribution in [-0.2, 0) is 9.59 Å². The number of amides is 2. The molecule has 5 nitrogen and oxygen atoms in total. The number of nitriles is 1. The predicted molar refractivity (Wildman–Crippen MR) is 125 cm³/mol. The van der Waals surface area contributed by atoms with Crippen molar-refractivity contribution < 1.29 is 9.59 Å². The molecule has 1 aliphatic rings. The van der Waals surface area contributed by atoms with Crippen LogP contribution in [0, 0.1) is 11.3 Å². The summed E-state index contributed by atoms with van der Waals surface area (Å²) in [5.41, 5.74) is 2.74. The Labute approximate surface area is 188 Å². The van der Waals surface area contributed by atoms with Crippen LogP contribution < -0.4 is 10.2 Å². The van der Waals surface area contributed by atoms with Crippen LogP contribution in [0.2, 0.25) is 0 Å². The smallest absolute Gasteiger partial charge is 0.265 e. The molecule has 0 bridgehead atoms. The van der Waals surface area contributed by atoms with Crippen LogP contribution in [0.25, 0.3) is 0 Å². The Balaban J connectivity index is 1.96. The van der Waals surface area contributed by atoms with E-state index >= 15 is 0 Å². The number of nitrogens with zero attached hydrogens (tertiary/aromatic N) is 2. The standard InChI is InChI=1S/C25H27N3O2S/c1-5-22-24(30)28(20-13-11-18(12-14-20)16(2)3)25(31-22)21(15-26)23(29)27-17(4)19-9-7-6-8-10-19/h6-14,16-17,22H,5H2,1-4H3,(H,27,29)/b25-21-. The Morgan fingerprint density at radius 1 is 1.10 bits per heavy atom. The van der Waals surface area contributed by atoms with E-state index in [1.807, 2.05) is 74.5 Å². The Morgan fingerprint density at radius 3 is 2.29 bits per heavy atom. The van der Waals surface area contributed by atoms with E-state index < -0.39 is 5.91 Å². The lowest BCUT2D eigenvalue weighted by molar-refractivity contribution is -0.117. The van der Waals surface area contributed by atoms with Crippen LogP contribution in [0.3, 0.4) is 0 Å². The molecule has 0 spiro atoms. The predicted octanol–water partition coefficient (Wildman–Crippen LogP) is 5.28. The lowest BCUT2D eigenvalue weighted by Gasteiger charge is -2.20.